The molecule has 1 aliphatic heterocycles. The van der Waals surface area contributed by atoms with Gasteiger partial charge in [0.2, 0.25) is 10.0 Å². The third kappa shape index (κ3) is 4.11. The Hall–Kier alpha value is -1.96. The van der Waals surface area contributed by atoms with Crippen LogP contribution in [0.2, 0.25) is 0 Å². The Balaban J connectivity index is 1.48. The van der Waals surface area contributed by atoms with Gasteiger partial charge in [0.1, 0.15) is 6.04 Å². The summed E-state index contributed by atoms with van der Waals surface area (Å²) < 4.78 is 26.9. The summed E-state index contributed by atoms with van der Waals surface area (Å²) in [5.74, 6) is -0.267. The molecule has 2 heterocycles. The summed E-state index contributed by atoms with van der Waals surface area (Å²) in [6.07, 6.45) is 11.2. The first-order chi connectivity index (χ1) is 14.4. The minimum absolute atomic E-state index is 0.134. The summed E-state index contributed by atoms with van der Waals surface area (Å²) in [4.78, 5) is 13.3. The second-order valence-electron chi connectivity index (χ2n) is 8.12. The number of carboxylic acids is 1. The van der Waals surface area contributed by atoms with Crippen LogP contribution in [-0.2, 0) is 21.4 Å². The highest BCUT2D eigenvalue weighted by atomic mass is 32.2. The van der Waals surface area contributed by atoms with E-state index in [0.29, 0.717) is 4.88 Å². The first-order valence-electron chi connectivity index (χ1n) is 10.5. The first kappa shape index (κ1) is 21.3. The molecule has 1 fully saturated rings. The van der Waals surface area contributed by atoms with Crippen LogP contribution in [0.25, 0.3) is 16.5 Å². The van der Waals surface area contributed by atoms with Gasteiger partial charge in [-0.2, -0.15) is 4.31 Å². The summed E-state index contributed by atoms with van der Waals surface area (Å²) in [7, 11) is -3.77. The van der Waals surface area contributed by atoms with Gasteiger partial charge >= 0.3 is 5.97 Å². The normalized spacial score (nSPS) is 20.0. The summed E-state index contributed by atoms with van der Waals surface area (Å²) in [6, 6.07) is 8.83. The van der Waals surface area contributed by atoms with Crippen LogP contribution in [0.4, 0.5) is 0 Å². The molecule has 0 bridgehead atoms. The summed E-state index contributed by atoms with van der Waals surface area (Å²) in [6.45, 7) is 1.82. The fourth-order valence-electron chi connectivity index (χ4n) is 4.42. The quantitative estimate of drug-likeness (QED) is 0.621. The lowest BCUT2D eigenvalue weighted by Crippen LogP contribution is -2.40. The second-order valence-corrected chi connectivity index (χ2v) is 11.1. The van der Waals surface area contributed by atoms with Gasteiger partial charge in [-0.25, -0.2) is 8.42 Å². The van der Waals surface area contributed by atoms with E-state index in [2.05, 4.69) is 24.3 Å². The lowest BCUT2D eigenvalue weighted by atomic mass is 10.0. The Labute approximate surface area is 182 Å². The molecule has 0 amide bonds. The Kier molecular flexibility index (Phi) is 6.14. The molecule has 1 aliphatic carbocycles. The molecular weight excluding hydrogens is 418 g/mol. The number of carbonyl (C=O) groups is 1. The molecular formula is C23H27NO4S2. The highest BCUT2D eigenvalue weighted by Crippen LogP contribution is 2.42. The molecule has 0 spiro atoms. The van der Waals surface area contributed by atoms with Gasteiger partial charge in [-0.05, 0) is 36.0 Å². The van der Waals surface area contributed by atoms with Crippen molar-refractivity contribution in [2.75, 3.05) is 0 Å². The maximum absolute atomic E-state index is 12.9. The Morgan fingerprint density at radius 2 is 1.97 bits per heavy atom. The average molecular weight is 446 g/mol. The number of allylic oxidation sites excluding steroid dienone is 1. The van der Waals surface area contributed by atoms with Crippen LogP contribution in [0, 0.1) is 5.92 Å². The van der Waals surface area contributed by atoms with Crippen molar-refractivity contribution >= 4 is 33.4 Å². The van der Waals surface area contributed by atoms with E-state index in [4.69, 9.17) is 0 Å². The predicted molar refractivity (Wildman–Crippen MR) is 120 cm³/mol. The zero-order chi connectivity index (χ0) is 21.3. The number of rotatable bonds is 7. The minimum atomic E-state index is -3.77. The minimum Gasteiger partial charge on any atom is -0.480 e. The van der Waals surface area contributed by atoms with Gasteiger partial charge < -0.3 is 5.11 Å². The zero-order valence-electron chi connectivity index (χ0n) is 17.1. The Bertz CT molecular complexity index is 1050. The molecule has 160 valence electrons. The molecule has 2 aromatic rings. The molecule has 2 aliphatic rings. The van der Waals surface area contributed by atoms with Gasteiger partial charge in [0.05, 0.1) is 11.4 Å². The third-order valence-electron chi connectivity index (χ3n) is 6.13. The largest absolute Gasteiger partial charge is 0.480 e. The van der Waals surface area contributed by atoms with Crippen LogP contribution in [0.5, 0.6) is 0 Å². The van der Waals surface area contributed by atoms with Crippen molar-refractivity contribution in [1.29, 1.82) is 0 Å². The van der Waals surface area contributed by atoms with Crippen molar-refractivity contribution < 1.29 is 18.3 Å². The first-order valence-corrected chi connectivity index (χ1v) is 12.8. The van der Waals surface area contributed by atoms with Crippen molar-refractivity contribution in [3.63, 3.8) is 0 Å². The van der Waals surface area contributed by atoms with Crippen molar-refractivity contribution in [2.24, 2.45) is 5.92 Å². The van der Waals surface area contributed by atoms with E-state index in [0.717, 1.165) is 32.6 Å². The maximum Gasteiger partial charge on any atom is 0.322 e. The summed E-state index contributed by atoms with van der Waals surface area (Å²) >= 11 is 1.43. The number of benzene rings is 1. The van der Waals surface area contributed by atoms with Gasteiger partial charge in [0.15, 0.2) is 0 Å². The van der Waals surface area contributed by atoms with Crippen LogP contribution < -0.4 is 0 Å². The van der Waals surface area contributed by atoms with E-state index in [1.165, 1.54) is 37.0 Å². The summed E-state index contributed by atoms with van der Waals surface area (Å²) in [5, 5.41) is 9.36. The summed E-state index contributed by atoms with van der Waals surface area (Å²) in [5.41, 5.74) is 2.13. The van der Waals surface area contributed by atoms with Gasteiger partial charge in [0.25, 0.3) is 0 Å². The smallest absolute Gasteiger partial charge is 0.322 e. The fraction of sp³-hybridized carbons (Fsp3) is 0.435. The predicted octanol–water partition coefficient (Wildman–Crippen LogP) is 5.38. The van der Waals surface area contributed by atoms with E-state index in [-0.39, 0.29) is 17.9 Å². The molecule has 0 radical (unpaired) electrons. The Morgan fingerprint density at radius 3 is 2.57 bits per heavy atom. The van der Waals surface area contributed by atoms with Crippen molar-refractivity contribution in [1.82, 2.24) is 4.31 Å². The molecule has 0 saturated heterocycles. The van der Waals surface area contributed by atoms with Crippen molar-refractivity contribution in [3.05, 3.63) is 46.8 Å². The van der Waals surface area contributed by atoms with Crippen LogP contribution in [0.1, 0.15) is 55.9 Å². The highest BCUT2D eigenvalue weighted by molar-refractivity contribution is 7.89. The zero-order valence-corrected chi connectivity index (χ0v) is 18.7. The van der Waals surface area contributed by atoms with Crippen molar-refractivity contribution in [2.45, 2.75) is 62.9 Å². The molecule has 1 unspecified atom stereocenters. The Morgan fingerprint density at radius 1 is 1.27 bits per heavy atom. The molecule has 5 nitrogen and oxygen atoms in total. The van der Waals surface area contributed by atoms with Gasteiger partial charge in [-0.1, -0.05) is 69.0 Å². The molecule has 1 N–H and O–H groups in total. The number of carboxylic acid groups (broad SMARTS) is 1. The topological polar surface area (TPSA) is 74.7 Å². The second kappa shape index (κ2) is 8.65. The molecule has 30 heavy (non-hydrogen) atoms. The van der Waals surface area contributed by atoms with Gasteiger partial charge in [-0.15, -0.1) is 11.3 Å². The van der Waals surface area contributed by atoms with Crippen LogP contribution >= 0.6 is 11.3 Å². The van der Waals surface area contributed by atoms with Crippen LogP contribution in [0.3, 0.4) is 0 Å². The van der Waals surface area contributed by atoms with Gasteiger partial charge in [-0.3, -0.25) is 4.79 Å². The van der Waals surface area contributed by atoms with Crippen LogP contribution in [0.15, 0.2) is 41.3 Å². The van der Waals surface area contributed by atoms with E-state index < -0.39 is 22.0 Å². The number of sulfonamides is 1. The van der Waals surface area contributed by atoms with Crippen molar-refractivity contribution in [3.8, 4) is 10.4 Å². The molecule has 1 saturated carbocycles. The monoisotopic (exact) mass is 445 g/mol. The molecule has 1 aromatic heterocycles. The molecule has 1 atom stereocenters. The number of hydrogen-bond donors (Lipinski definition) is 1. The van der Waals surface area contributed by atoms with E-state index in [9.17, 15) is 18.3 Å². The number of nitrogens with zero attached hydrogens (tertiary/aromatic N) is 1. The van der Waals surface area contributed by atoms with Crippen LogP contribution in [-0.4, -0.2) is 29.8 Å². The number of hydrogen-bond acceptors (Lipinski definition) is 4. The maximum atomic E-state index is 12.9. The van der Waals surface area contributed by atoms with E-state index >= 15 is 0 Å². The number of fused-ring (bicyclic) bond motifs is 1. The fourth-order valence-corrected chi connectivity index (χ4v) is 7.82. The highest BCUT2D eigenvalue weighted by Gasteiger charge is 2.43. The molecule has 4 rings (SSSR count). The SMILES string of the molecule is CCC(C(=O)O)N1Cc2sc(-c3ccc(C=CCC4CCCC4)cc3)cc2S1(=O)=O. The lowest BCUT2D eigenvalue weighted by molar-refractivity contribution is -0.141. The van der Waals surface area contributed by atoms with E-state index in [1.54, 1.807) is 13.0 Å². The number of aliphatic carboxylic acids is 1. The van der Waals surface area contributed by atoms with Gasteiger partial charge in [0, 0.05) is 9.75 Å². The lowest BCUT2D eigenvalue weighted by Gasteiger charge is -2.21. The average Bonchev–Trinajstić information content (AvgIpc) is 3.42. The number of thiophene rings is 1. The third-order valence-corrected chi connectivity index (χ3v) is 9.34. The molecule has 1 aromatic carbocycles. The standard InChI is InChI=1S/C23H27NO4S2/c1-2-19(23(25)26)24-15-21-22(30(24,27)28)14-20(29-21)18-12-10-17(11-13-18)9-5-8-16-6-3-4-7-16/h5,9-14,16,19H,2-4,6-8,15H2,1H3,(H,25,26). The molecule has 7 heteroatoms. The van der Waals surface area contributed by atoms with E-state index in [1.807, 2.05) is 12.1 Å².